The van der Waals surface area contributed by atoms with E-state index in [-0.39, 0.29) is 5.54 Å². The molecule has 1 aliphatic rings. The fraction of sp³-hybridized carbons (Fsp3) is 0.667. The van der Waals surface area contributed by atoms with E-state index in [9.17, 15) is 0 Å². The molecule has 0 amide bonds. The predicted molar refractivity (Wildman–Crippen MR) is 83.3 cm³/mol. The van der Waals surface area contributed by atoms with Gasteiger partial charge in [-0.05, 0) is 42.7 Å². The van der Waals surface area contributed by atoms with Crippen LogP contribution in [0.2, 0.25) is 0 Å². The van der Waals surface area contributed by atoms with Crippen molar-refractivity contribution in [3.05, 3.63) is 35.4 Å². The zero-order valence-electron chi connectivity index (χ0n) is 12.6. The van der Waals surface area contributed by atoms with Crippen LogP contribution in [-0.4, -0.2) is 5.54 Å². The summed E-state index contributed by atoms with van der Waals surface area (Å²) in [6.45, 7) is 4.60. The van der Waals surface area contributed by atoms with Crippen molar-refractivity contribution in [2.24, 2.45) is 11.7 Å². The molecule has 2 rings (SSSR count). The molecule has 2 unspecified atom stereocenters. The topological polar surface area (TPSA) is 26.0 Å². The lowest BCUT2D eigenvalue weighted by atomic mass is 9.73. The van der Waals surface area contributed by atoms with Crippen LogP contribution in [0, 0.1) is 5.92 Å². The van der Waals surface area contributed by atoms with Crippen LogP contribution in [0.3, 0.4) is 0 Å². The van der Waals surface area contributed by atoms with Gasteiger partial charge in [-0.3, -0.25) is 0 Å². The molecule has 0 fully saturated rings. The minimum absolute atomic E-state index is 0.0444. The number of fused-ring (bicyclic) bond motifs is 1. The van der Waals surface area contributed by atoms with E-state index in [2.05, 4.69) is 38.1 Å². The van der Waals surface area contributed by atoms with E-state index in [1.54, 1.807) is 0 Å². The molecule has 1 aromatic carbocycles. The summed E-state index contributed by atoms with van der Waals surface area (Å²) in [7, 11) is 0. The van der Waals surface area contributed by atoms with Gasteiger partial charge < -0.3 is 5.73 Å². The van der Waals surface area contributed by atoms with Crippen molar-refractivity contribution < 1.29 is 0 Å². The van der Waals surface area contributed by atoms with Gasteiger partial charge in [0.1, 0.15) is 0 Å². The Bertz CT molecular complexity index is 398. The maximum atomic E-state index is 6.72. The molecule has 1 heteroatoms. The predicted octanol–water partition coefficient (Wildman–Crippen LogP) is 4.48. The molecule has 2 N–H and O–H groups in total. The monoisotopic (exact) mass is 259 g/mol. The zero-order valence-corrected chi connectivity index (χ0v) is 12.6. The molecule has 1 nitrogen and oxygen atoms in total. The highest BCUT2D eigenvalue weighted by atomic mass is 14.7. The van der Waals surface area contributed by atoms with E-state index in [0.717, 1.165) is 25.2 Å². The maximum Gasteiger partial charge on any atom is 0.0201 e. The molecule has 19 heavy (non-hydrogen) atoms. The van der Waals surface area contributed by atoms with Gasteiger partial charge in [-0.15, -0.1) is 0 Å². The fourth-order valence-electron chi connectivity index (χ4n) is 3.52. The molecule has 1 aromatic rings. The summed E-state index contributed by atoms with van der Waals surface area (Å²) < 4.78 is 0. The minimum Gasteiger partial charge on any atom is -0.325 e. The van der Waals surface area contributed by atoms with Gasteiger partial charge in [0.25, 0.3) is 0 Å². The molecular formula is C18H29N. The second-order valence-corrected chi connectivity index (χ2v) is 6.43. The van der Waals surface area contributed by atoms with Crippen LogP contribution in [0.5, 0.6) is 0 Å². The Morgan fingerprint density at radius 3 is 2.63 bits per heavy atom. The lowest BCUT2D eigenvalue weighted by Gasteiger charge is -2.37. The van der Waals surface area contributed by atoms with Crippen molar-refractivity contribution in [3.63, 3.8) is 0 Å². The van der Waals surface area contributed by atoms with Crippen LogP contribution >= 0.6 is 0 Å². The van der Waals surface area contributed by atoms with Gasteiger partial charge >= 0.3 is 0 Å². The van der Waals surface area contributed by atoms with Crippen LogP contribution in [0.4, 0.5) is 0 Å². The quantitative estimate of drug-likeness (QED) is 0.801. The third-order valence-electron chi connectivity index (χ3n) is 4.79. The van der Waals surface area contributed by atoms with Crippen LogP contribution in [0.15, 0.2) is 24.3 Å². The molecule has 0 radical (unpaired) electrons. The molecule has 0 heterocycles. The molecule has 0 aromatic heterocycles. The van der Waals surface area contributed by atoms with Gasteiger partial charge in [0.15, 0.2) is 0 Å². The first kappa shape index (κ1) is 14.6. The van der Waals surface area contributed by atoms with E-state index in [4.69, 9.17) is 5.73 Å². The van der Waals surface area contributed by atoms with Gasteiger partial charge in [-0.25, -0.2) is 0 Å². The van der Waals surface area contributed by atoms with Crippen LogP contribution in [-0.2, 0) is 12.8 Å². The molecule has 0 saturated heterocycles. The van der Waals surface area contributed by atoms with Crippen LogP contribution < -0.4 is 5.73 Å². The Hall–Kier alpha value is -0.820. The Labute approximate surface area is 118 Å². The Morgan fingerprint density at radius 2 is 1.95 bits per heavy atom. The standard InChI is InChI=1S/C18H29N/c1-3-5-8-15(4-2)13-18(19)12-11-16-9-6-7-10-17(16)14-18/h6-7,9-10,15H,3-5,8,11-14,19H2,1-2H3. The van der Waals surface area contributed by atoms with E-state index >= 15 is 0 Å². The van der Waals surface area contributed by atoms with E-state index < -0.39 is 0 Å². The number of hydrogen-bond acceptors (Lipinski definition) is 1. The molecule has 2 atom stereocenters. The molecule has 0 spiro atoms. The molecular weight excluding hydrogens is 230 g/mol. The summed E-state index contributed by atoms with van der Waals surface area (Å²) in [5, 5.41) is 0. The third-order valence-corrected chi connectivity index (χ3v) is 4.79. The van der Waals surface area contributed by atoms with E-state index in [1.807, 2.05) is 0 Å². The van der Waals surface area contributed by atoms with Crippen LogP contribution in [0.25, 0.3) is 0 Å². The molecule has 106 valence electrons. The van der Waals surface area contributed by atoms with Crippen molar-refractivity contribution in [2.75, 3.05) is 0 Å². The van der Waals surface area contributed by atoms with E-state index in [0.29, 0.717) is 0 Å². The van der Waals surface area contributed by atoms with Crippen molar-refractivity contribution in [1.82, 2.24) is 0 Å². The Morgan fingerprint density at radius 1 is 1.21 bits per heavy atom. The highest BCUT2D eigenvalue weighted by Gasteiger charge is 2.32. The van der Waals surface area contributed by atoms with Gasteiger partial charge in [0.2, 0.25) is 0 Å². The summed E-state index contributed by atoms with van der Waals surface area (Å²) in [5.41, 5.74) is 9.77. The van der Waals surface area contributed by atoms with Crippen molar-refractivity contribution in [2.45, 2.75) is 70.8 Å². The first-order valence-corrected chi connectivity index (χ1v) is 8.02. The minimum atomic E-state index is 0.0444. The van der Waals surface area contributed by atoms with Gasteiger partial charge in [-0.2, -0.15) is 0 Å². The Kier molecular flexibility index (Phi) is 5.04. The SMILES string of the molecule is CCCCC(CC)CC1(N)CCc2ccccc2C1. The number of unbranched alkanes of at least 4 members (excludes halogenated alkanes) is 1. The van der Waals surface area contributed by atoms with Gasteiger partial charge in [0, 0.05) is 5.54 Å². The number of rotatable bonds is 6. The second-order valence-electron chi connectivity index (χ2n) is 6.43. The van der Waals surface area contributed by atoms with Crippen molar-refractivity contribution >= 4 is 0 Å². The number of nitrogens with two attached hydrogens (primary N) is 1. The summed E-state index contributed by atoms with van der Waals surface area (Å²) in [4.78, 5) is 0. The summed E-state index contributed by atoms with van der Waals surface area (Å²) >= 11 is 0. The molecule has 0 aliphatic heterocycles. The van der Waals surface area contributed by atoms with Crippen molar-refractivity contribution in [3.8, 4) is 0 Å². The molecule has 0 saturated carbocycles. The number of benzene rings is 1. The van der Waals surface area contributed by atoms with Gasteiger partial charge in [-0.1, -0.05) is 63.8 Å². The first-order chi connectivity index (χ1) is 9.17. The maximum absolute atomic E-state index is 6.72. The molecule has 0 bridgehead atoms. The largest absolute Gasteiger partial charge is 0.325 e. The molecule has 1 aliphatic carbocycles. The lowest BCUT2D eigenvalue weighted by Crippen LogP contribution is -2.46. The summed E-state index contributed by atoms with van der Waals surface area (Å²) in [6, 6.07) is 8.84. The summed E-state index contributed by atoms with van der Waals surface area (Å²) in [5.74, 6) is 0.815. The lowest BCUT2D eigenvalue weighted by molar-refractivity contribution is 0.266. The third kappa shape index (κ3) is 3.82. The second kappa shape index (κ2) is 6.56. The average Bonchev–Trinajstić information content (AvgIpc) is 2.43. The fourth-order valence-corrected chi connectivity index (χ4v) is 3.52. The number of aryl methyl sites for hydroxylation is 1. The average molecular weight is 259 g/mol. The van der Waals surface area contributed by atoms with Crippen molar-refractivity contribution in [1.29, 1.82) is 0 Å². The normalized spacial score (nSPS) is 23.9. The Balaban J connectivity index is 2.00. The first-order valence-electron chi connectivity index (χ1n) is 8.02. The highest BCUT2D eigenvalue weighted by Crippen LogP contribution is 2.33. The summed E-state index contributed by atoms with van der Waals surface area (Å²) in [6.07, 6.45) is 9.89. The number of hydrogen-bond donors (Lipinski definition) is 1. The van der Waals surface area contributed by atoms with Crippen LogP contribution in [0.1, 0.15) is 63.5 Å². The smallest absolute Gasteiger partial charge is 0.0201 e. The van der Waals surface area contributed by atoms with Gasteiger partial charge in [0.05, 0.1) is 0 Å². The van der Waals surface area contributed by atoms with E-state index in [1.165, 1.54) is 43.2 Å². The highest BCUT2D eigenvalue weighted by molar-refractivity contribution is 5.32. The zero-order chi connectivity index (χ0) is 13.7.